The van der Waals surface area contributed by atoms with Gasteiger partial charge in [0.1, 0.15) is 17.3 Å². The van der Waals surface area contributed by atoms with Crippen molar-refractivity contribution in [1.29, 1.82) is 0 Å². The lowest BCUT2D eigenvalue weighted by Crippen LogP contribution is -2.35. The Morgan fingerprint density at radius 2 is 1.26 bits per heavy atom. The third-order valence-electron chi connectivity index (χ3n) is 8.06. The number of allylic oxidation sites excluding steroid dienone is 4. The van der Waals surface area contributed by atoms with Gasteiger partial charge in [0.2, 0.25) is 6.79 Å². The van der Waals surface area contributed by atoms with Crippen molar-refractivity contribution in [1.82, 2.24) is 0 Å². The first kappa shape index (κ1) is 26.9. The van der Waals surface area contributed by atoms with Crippen molar-refractivity contribution in [2.75, 3.05) is 6.79 Å². The lowest BCUT2D eigenvalue weighted by molar-refractivity contribution is -0.119. The monoisotopic (exact) mass is 532 g/mol. The Morgan fingerprint density at radius 1 is 0.744 bits per heavy atom. The molecule has 1 atom stereocenters. The van der Waals surface area contributed by atoms with E-state index in [1.807, 2.05) is 58.0 Å². The predicted molar refractivity (Wildman–Crippen MR) is 146 cm³/mol. The number of phenolic OH excluding ortho intramolecular Hbond substituents is 1. The van der Waals surface area contributed by atoms with Gasteiger partial charge in [0.25, 0.3) is 0 Å². The molecule has 0 unspecified atom stereocenters. The van der Waals surface area contributed by atoms with Crippen molar-refractivity contribution in [3.8, 4) is 17.2 Å². The zero-order valence-electron chi connectivity index (χ0n) is 22.9. The number of hydrogen-bond acceptors (Lipinski definition) is 7. The molecule has 2 aliphatic carbocycles. The fourth-order valence-corrected chi connectivity index (χ4v) is 6.36. The van der Waals surface area contributed by atoms with E-state index in [4.69, 9.17) is 9.47 Å². The number of carbonyl (C=O) groups excluding carboxylic acids is 2. The molecule has 0 spiro atoms. The third-order valence-corrected chi connectivity index (χ3v) is 8.06. The maximum absolute atomic E-state index is 13.6. The molecule has 5 rings (SSSR count). The smallest absolute Gasteiger partial charge is 0.231 e. The number of hydrogen-bond donors (Lipinski definition) is 3. The highest BCUT2D eigenvalue weighted by molar-refractivity contribution is 6.03. The number of phenols is 1. The molecule has 7 heteroatoms. The van der Waals surface area contributed by atoms with Crippen LogP contribution in [-0.4, -0.2) is 33.7 Å². The molecule has 3 N–H and O–H groups in total. The van der Waals surface area contributed by atoms with Crippen molar-refractivity contribution in [2.24, 2.45) is 16.7 Å². The minimum atomic E-state index is -0.854. The summed E-state index contributed by atoms with van der Waals surface area (Å²) >= 11 is 0. The molecule has 0 amide bonds. The van der Waals surface area contributed by atoms with E-state index in [9.17, 15) is 24.9 Å². The molecule has 1 aliphatic heterocycles. The molecule has 0 saturated carbocycles. The van der Waals surface area contributed by atoms with Crippen LogP contribution in [0.3, 0.4) is 0 Å². The SMILES string of the molecule is CC1(C)CC(=O)C(C(C[C@@H](c2ccccc2)c2cc3c(cc2O)OCO3)C2=C(O)CC(C)(C)CC2=O)=C(O)C1. The van der Waals surface area contributed by atoms with Gasteiger partial charge in [0.15, 0.2) is 23.1 Å². The Bertz CT molecular complexity index is 1330. The molecule has 0 aromatic heterocycles. The van der Waals surface area contributed by atoms with Gasteiger partial charge in [-0.15, -0.1) is 0 Å². The summed E-state index contributed by atoms with van der Waals surface area (Å²) in [6.45, 7) is 7.75. The highest BCUT2D eigenvalue weighted by Gasteiger charge is 2.44. The van der Waals surface area contributed by atoms with E-state index in [1.54, 1.807) is 6.07 Å². The van der Waals surface area contributed by atoms with E-state index >= 15 is 0 Å². The summed E-state index contributed by atoms with van der Waals surface area (Å²) < 4.78 is 11.0. The van der Waals surface area contributed by atoms with Gasteiger partial charge in [0.05, 0.1) is 0 Å². The number of aliphatic hydroxyl groups excluding tert-OH is 2. The van der Waals surface area contributed by atoms with Crippen molar-refractivity contribution in [3.63, 3.8) is 0 Å². The minimum Gasteiger partial charge on any atom is -0.512 e. The topological polar surface area (TPSA) is 113 Å². The first-order valence-electron chi connectivity index (χ1n) is 13.4. The van der Waals surface area contributed by atoms with E-state index in [0.29, 0.717) is 29.9 Å². The van der Waals surface area contributed by atoms with Gasteiger partial charge in [-0.3, -0.25) is 9.59 Å². The van der Waals surface area contributed by atoms with Crippen LogP contribution in [0.1, 0.15) is 76.8 Å². The molecule has 0 saturated heterocycles. The van der Waals surface area contributed by atoms with E-state index in [-0.39, 0.29) is 66.0 Å². The van der Waals surface area contributed by atoms with Gasteiger partial charge in [-0.1, -0.05) is 58.0 Å². The highest BCUT2D eigenvalue weighted by atomic mass is 16.7. The van der Waals surface area contributed by atoms with Crippen molar-refractivity contribution in [3.05, 3.63) is 76.3 Å². The zero-order chi connectivity index (χ0) is 28.1. The van der Waals surface area contributed by atoms with Gasteiger partial charge in [-0.2, -0.15) is 0 Å². The second-order valence-electron chi connectivity index (χ2n) is 12.6. The predicted octanol–water partition coefficient (Wildman–Crippen LogP) is 6.66. The Balaban J connectivity index is 1.69. The molecule has 0 bridgehead atoms. The van der Waals surface area contributed by atoms with Crippen molar-refractivity contribution < 1.29 is 34.4 Å². The number of aromatic hydroxyl groups is 1. The maximum Gasteiger partial charge on any atom is 0.231 e. The summed E-state index contributed by atoms with van der Waals surface area (Å²) in [5, 5.41) is 33.6. The molecular formula is C32H36O7. The van der Waals surface area contributed by atoms with E-state index in [1.165, 1.54) is 6.07 Å². The second-order valence-corrected chi connectivity index (χ2v) is 12.6. The third kappa shape index (κ3) is 5.27. The van der Waals surface area contributed by atoms with Gasteiger partial charge in [-0.25, -0.2) is 0 Å². The van der Waals surface area contributed by atoms with Crippen LogP contribution in [0, 0.1) is 16.7 Å². The normalized spacial score (nSPS) is 21.1. The molecule has 39 heavy (non-hydrogen) atoms. The molecule has 0 radical (unpaired) electrons. The number of benzene rings is 2. The van der Waals surface area contributed by atoms with E-state index in [2.05, 4.69) is 0 Å². The van der Waals surface area contributed by atoms with E-state index < -0.39 is 22.7 Å². The van der Waals surface area contributed by atoms with Gasteiger partial charge >= 0.3 is 0 Å². The summed E-state index contributed by atoms with van der Waals surface area (Å²) in [5.74, 6) is -0.951. The lowest BCUT2D eigenvalue weighted by atomic mass is 9.66. The van der Waals surface area contributed by atoms with Crippen LogP contribution in [0.2, 0.25) is 0 Å². The fraction of sp³-hybridized carbons (Fsp3) is 0.438. The minimum absolute atomic E-state index is 0.00420. The van der Waals surface area contributed by atoms with Gasteiger partial charge < -0.3 is 24.8 Å². The van der Waals surface area contributed by atoms with Crippen LogP contribution in [-0.2, 0) is 9.59 Å². The van der Waals surface area contributed by atoms with Crippen LogP contribution in [0.15, 0.2) is 65.1 Å². The Morgan fingerprint density at radius 3 is 1.77 bits per heavy atom. The summed E-state index contributed by atoms with van der Waals surface area (Å²) in [7, 11) is 0. The molecule has 3 aliphatic rings. The fourth-order valence-electron chi connectivity index (χ4n) is 6.36. The molecular weight excluding hydrogens is 496 g/mol. The highest BCUT2D eigenvalue weighted by Crippen LogP contribution is 2.50. The molecule has 2 aromatic rings. The second kappa shape index (κ2) is 9.78. The molecule has 2 aromatic carbocycles. The zero-order valence-corrected chi connectivity index (χ0v) is 22.9. The first-order chi connectivity index (χ1) is 18.3. The summed E-state index contributed by atoms with van der Waals surface area (Å²) in [5.41, 5.74) is 0.930. The summed E-state index contributed by atoms with van der Waals surface area (Å²) in [6, 6.07) is 12.7. The van der Waals surface area contributed by atoms with Crippen molar-refractivity contribution in [2.45, 2.75) is 65.7 Å². The summed E-state index contributed by atoms with van der Waals surface area (Å²) in [6.07, 6.45) is 1.21. The van der Waals surface area contributed by atoms with E-state index in [0.717, 1.165) is 5.56 Å². The van der Waals surface area contributed by atoms with Crippen LogP contribution in [0.5, 0.6) is 17.2 Å². The average molecular weight is 533 g/mol. The Labute approximate surface area is 228 Å². The Kier molecular flexibility index (Phi) is 6.73. The van der Waals surface area contributed by atoms with Gasteiger partial charge in [0, 0.05) is 60.3 Å². The number of Topliss-reactive ketones (excluding diaryl/α,β-unsaturated/α-hetero) is 2. The standard InChI is InChI=1S/C32H36O7/c1-31(2)13-23(34)29(24(35)14-31)21(30-25(36)15-32(3,4)16-26(30)37)10-19(18-8-6-5-7-9-18)20-11-27-28(12-22(20)33)39-17-38-27/h5-9,11-12,19,21,33-34,36H,10,13-17H2,1-4H3/t19-/m0/s1. The van der Waals surface area contributed by atoms with Gasteiger partial charge in [-0.05, 0) is 28.9 Å². The quantitative estimate of drug-likeness (QED) is 0.381. The van der Waals surface area contributed by atoms with Crippen LogP contribution in [0.4, 0.5) is 0 Å². The number of fused-ring (bicyclic) bond motifs is 1. The molecule has 7 nitrogen and oxygen atoms in total. The first-order valence-corrected chi connectivity index (χ1v) is 13.4. The largest absolute Gasteiger partial charge is 0.512 e. The lowest BCUT2D eigenvalue weighted by Gasteiger charge is -2.37. The number of rotatable bonds is 6. The van der Waals surface area contributed by atoms with Crippen LogP contribution >= 0.6 is 0 Å². The molecule has 1 heterocycles. The summed E-state index contributed by atoms with van der Waals surface area (Å²) in [4.78, 5) is 27.2. The number of ketones is 2. The number of carbonyl (C=O) groups is 2. The van der Waals surface area contributed by atoms with Crippen LogP contribution < -0.4 is 9.47 Å². The average Bonchev–Trinajstić information content (AvgIpc) is 3.27. The number of aliphatic hydroxyl groups is 2. The van der Waals surface area contributed by atoms with Crippen LogP contribution in [0.25, 0.3) is 0 Å². The molecule has 206 valence electrons. The number of ether oxygens (including phenoxy) is 2. The molecule has 0 fully saturated rings. The maximum atomic E-state index is 13.6. The Hall–Kier alpha value is -3.74. The van der Waals surface area contributed by atoms with Crippen molar-refractivity contribution >= 4 is 11.6 Å².